The first-order valence-electron chi connectivity index (χ1n) is 8.60. The van der Waals surface area contributed by atoms with Crippen LogP contribution in [0, 0.1) is 19.8 Å². The lowest BCUT2D eigenvalue weighted by Gasteiger charge is -2.49. The summed E-state index contributed by atoms with van der Waals surface area (Å²) in [5, 5.41) is 3.92. The van der Waals surface area contributed by atoms with Crippen LogP contribution in [0.25, 0.3) is 0 Å². The van der Waals surface area contributed by atoms with Crippen LogP contribution in [0.3, 0.4) is 0 Å². The van der Waals surface area contributed by atoms with Gasteiger partial charge in [0.2, 0.25) is 0 Å². The van der Waals surface area contributed by atoms with Crippen molar-refractivity contribution in [1.82, 2.24) is 5.32 Å². The molecule has 1 N–H and O–H groups in total. The summed E-state index contributed by atoms with van der Waals surface area (Å²) in [6, 6.07) is 7.39. The van der Waals surface area contributed by atoms with Crippen LogP contribution < -0.4 is 10.2 Å². The third-order valence-corrected chi connectivity index (χ3v) is 5.78. The molecule has 0 amide bonds. The van der Waals surface area contributed by atoms with E-state index in [0.29, 0.717) is 17.5 Å². The molecule has 21 heavy (non-hydrogen) atoms. The van der Waals surface area contributed by atoms with Gasteiger partial charge in [0.1, 0.15) is 0 Å². The van der Waals surface area contributed by atoms with Crippen LogP contribution in [0.4, 0.5) is 5.69 Å². The molecule has 1 unspecified atom stereocenters. The Bertz CT molecular complexity index is 500. The first-order valence-corrected chi connectivity index (χ1v) is 8.60. The van der Waals surface area contributed by atoms with Crippen LogP contribution in [-0.4, -0.2) is 24.7 Å². The van der Waals surface area contributed by atoms with Gasteiger partial charge < -0.3 is 10.2 Å². The number of nitrogens with zero attached hydrogens (tertiary/aromatic N) is 1. The highest BCUT2D eigenvalue weighted by molar-refractivity contribution is 5.57. The Morgan fingerprint density at radius 3 is 2.57 bits per heavy atom. The summed E-state index contributed by atoms with van der Waals surface area (Å²) in [7, 11) is 0. The highest BCUT2D eigenvalue weighted by Gasteiger charge is 2.42. The van der Waals surface area contributed by atoms with Crippen molar-refractivity contribution in [2.45, 2.75) is 65.0 Å². The number of hydrogen-bond acceptors (Lipinski definition) is 2. The predicted octanol–water partition coefficient (Wildman–Crippen LogP) is 4.05. The molecule has 2 heteroatoms. The Balaban J connectivity index is 1.95. The first kappa shape index (κ1) is 14.9. The van der Waals surface area contributed by atoms with E-state index in [1.165, 1.54) is 49.0 Å². The summed E-state index contributed by atoms with van der Waals surface area (Å²) in [5.74, 6) is 0.677. The van der Waals surface area contributed by atoms with Gasteiger partial charge in [-0.15, -0.1) is 0 Å². The molecule has 116 valence electrons. The molecule has 3 rings (SSSR count). The zero-order valence-corrected chi connectivity index (χ0v) is 14.1. The van der Waals surface area contributed by atoms with Gasteiger partial charge in [-0.1, -0.05) is 38.8 Å². The highest BCUT2D eigenvalue weighted by atomic mass is 15.3. The highest BCUT2D eigenvalue weighted by Crippen LogP contribution is 2.37. The average molecular weight is 286 g/mol. The second-order valence-corrected chi connectivity index (χ2v) is 7.53. The minimum absolute atomic E-state index is 0.377. The van der Waals surface area contributed by atoms with E-state index in [1.54, 1.807) is 0 Å². The molecule has 1 aromatic rings. The van der Waals surface area contributed by atoms with E-state index >= 15 is 0 Å². The van der Waals surface area contributed by atoms with Crippen LogP contribution in [0.1, 0.15) is 50.7 Å². The van der Waals surface area contributed by atoms with Crippen molar-refractivity contribution in [2.75, 3.05) is 18.0 Å². The van der Waals surface area contributed by atoms with Gasteiger partial charge >= 0.3 is 0 Å². The number of hydrogen-bond donors (Lipinski definition) is 1. The second kappa shape index (κ2) is 5.64. The van der Waals surface area contributed by atoms with E-state index in [9.17, 15) is 0 Å². The summed E-state index contributed by atoms with van der Waals surface area (Å²) in [4.78, 5) is 2.72. The molecule has 0 bridgehead atoms. The first-order chi connectivity index (χ1) is 10.0. The summed E-state index contributed by atoms with van der Waals surface area (Å²) >= 11 is 0. The topological polar surface area (TPSA) is 15.3 Å². The van der Waals surface area contributed by atoms with Gasteiger partial charge in [-0.25, -0.2) is 0 Å². The number of benzene rings is 1. The lowest BCUT2D eigenvalue weighted by molar-refractivity contribution is 0.245. The molecule has 1 spiro atoms. The van der Waals surface area contributed by atoms with Crippen molar-refractivity contribution in [2.24, 2.45) is 5.92 Å². The molecular formula is C19H30N2. The molecule has 2 aliphatic rings. The molecule has 1 atom stereocenters. The second-order valence-electron chi connectivity index (χ2n) is 7.53. The Labute approximate surface area is 129 Å². The lowest BCUT2D eigenvalue weighted by atomic mass is 9.88. The van der Waals surface area contributed by atoms with E-state index in [2.05, 4.69) is 56.1 Å². The monoisotopic (exact) mass is 286 g/mol. The van der Waals surface area contributed by atoms with Gasteiger partial charge in [0.15, 0.2) is 0 Å². The van der Waals surface area contributed by atoms with Crippen molar-refractivity contribution in [3.05, 3.63) is 29.3 Å². The quantitative estimate of drug-likeness (QED) is 0.882. The summed E-state index contributed by atoms with van der Waals surface area (Å²) in [6.07, 6.45) is 5.47. The van der Waals surface area contributed by atoms with Gasteiger partial charge in [0.05, 0.1) is 0 Å². The Morgan fingerprint density at radius 2 is 1.90 bits per heavy atom. The normalized spacial score (nSPS) is 25.0. The van der Waals surface area contributed by atoms with Crippen LogP contribution >= 0.6 is 0 Å². The third-order valence-electron chi connectivity index (χ3n) is 5.78. The van der Waals surface area contributed by atoms with Crippen molar-refractivity contribution in [3.63, 3.8) is 0 Å². The molecule has 1 aliphatic carbocycles. The SMILES string of the molecule is Cc1cccc(N2CC3(CCCC3)NCC2C(C)C)c1C. The summed E-state index contributed by atoms with van der Waals surface area (Å²) in [6.45, 7) is 11.5. The van der Waals surface area contributed by atoms with E-state index in [-0.39, 0.29) is 0 Å². The molecule has 1 aliphatic heterocycles. The maximum absolute atomic E-state index is 3.92. The smallest absolute Gasteiger partial charge is 0.0438 e. The molecule has 1 saturated carbocycles. The maximum Gasteiger partial charge on any atom is 0.0438 e. The zero-order chi connectivity index (χ0) is 15.0. The van der Waals surface area contributed by atoms with Gasteiger partial charge in [-0.2, -0.15) is 0 Å². The van der Waals surface area contributed by atoms with Crippen molar-refractivity contribution >= 4 is 5.69 Å². The van der Waals surface area contributed by atoms with Crippen LogP contribution in [-0.2, 0) is 0 Å². The number of rotatable bonds is 2. The van der Waals surface area contributed by atoms with Crippen LogP contribution in [0.2, 0.25) is 0 Å². The average Bonchev–Trinajstić information content (AvgIpc) is 2.89. The number of nitrogens with one attached hydrogen (secondary N) is 1. The van der Waals surface area contributed by atoms with Gasteiger partial charge in [-0.05, 0) is 49.8 Å². The van der Waals surface area contributed by atoms with E-state index in [1.807, 2.05) is 0 Å². The molecule has 2 fully saturated rings. The standard InChI is InChI=1S/C19H30N2/c1-14(2)18-12-20-19(10-5-6-11-19)13-21(18)17-9-7-8-15(3)16(17)4/h7-9,14,18,20H,5-6,10-13H2,1-4H3. The number of piperazine rings is 1. The largest absolute Gasteiger partial charge is 0.365 e. The molecule has 0 aromatic heterocycles. The molecule has 1 aromatic carbocycles. The zero-order valence-electron chi connectivity index (χ0n) is 14.1. The maximum atomic E-state index is 3.92. The Morgan fingerprint density at radius 1 is 1.19 bits per heavy atom. The van der Waals surface area contributed by atoms with Gasteiger partial charge in [-0.3, -0.25) is 0 Å². The van der Waals surface area contributed by atoms with Crippen LogP contribution in [0.5, 0.6) is 0 Å². The van der Waals surface area contributed by atoms with Crippen molar-refractivity contribution in [3.8, 4) is 0 Å². The number of aryl methyl sites for hydroxylation is 1. The third kappa shape index (κ3) is 2.70. The molecular weight excluding hydrogens is 256 g/mol. The summed E-state index contributed by atoms with van der Waals surface area (Å²) < 4.78 is 0. The lowest BCUT2D eigenvalue weighted by Crippen LogP contribution is -2.64. The fourth-order valence-electron chi connectivity index (χ4n) is 4.22. The molecule has 1 saturated heterocycles. The van der Waals surface area contributed by atoms with Crippen molar-refractivity contribution < 1.29 is 0 Å². The molecule has 2 nitrogen and oxygen atoms in total. The van der Waals surface area contributed by atoms with Crippen molar-refractivity contribution in [1.29, 1.82) is 0 Å². The minimum atomic E-state index is 0.377. The Hall–Kier alpha value is -1.02. The van der Waals surface area contributed by atoms with Crippen LogP contribution in [0.15, 0.2) is 18.2 Å². The van der Waals surface area contributed by atoms with E-state index in [0.717, 1.165) is 6.54 Å². The summed E-state index contributed by atoms with van der Waals surface area (Å²) in [5.41, 5.74) is 4.70. The minimum Gasteiger partial charge on any atom is -0.365 e. The van der Waals surface area contributed by atoms with E-state index < -0.39 is 0 Å². The number of anilines is 1. The fourth-order valence-corrected chi connectivity index (χ4v) is 4.22. The fraction of sp³-hybridized carbons (Fsp3) is 0.684. The van der Waals surface area contributed by atoms with Gasteiger partial charge in [0.25, 0.3) is 0 Å². The molecule has 1 heterocycles. The van der Waals surface area contributed by atoms with E-state index in [4.69, 9.17) is 0 Å². The van der Waals surface area contributed by atoms with Gasteiger partial charge in [0, 0.05) is 30.4 Å². The Kier molecular flexibility index (Phi) is 4.00. The molecule has 0 radical (unpaired) electrons. The predicted molar refractivity (Wildman–Crippen MR) is 91.1 cm³/mol.